The molecule has 0 fully saturated rings. The summed E-state index contributed by atoms with van der Waals surface area (Å²) in [6, 6.07) is 0.567. The van der Waals surface area contributed by atoms with Gasteiger partial charge in [-0.2, -0.15) is 4.98 Å². The molecule has 1 aromatic rings. The van der Waals surface area contributed by atoms with Crippen molar-refractivity contribution >= 4 is 6.01 Å². The van der Waals surface area contributed by atoms with Crippen LogP contribution < -0.4 is 4.90 Å². The molecule has 0 bridgehead atoms. The monoisotopic (exact) mass is 184 g/mol. The molecule has 0 aliphatic carbocycles. The first kappa shape index (κ1) is 10.1. The van der Waals surface area contributed by atoms with E-state index in [0.717, 1.165) is 6.54 Å². The van der Waals surface area contributed by atoms with Gasteiger partial charge in [0.2, 0.25) is 0 Å². The molecule has 4 heteroatoms. The van der Waals surface area contributed by atoms with Crippen LogP contribution in [-0.2, 0) is 6.61 Å². The molecule has 1 heterocycles. The Balaban J connectivity index is 2.60. The first-order valence-electron chi connectivity index (χ1n) is 4.40. The Labute approximate surface area is 78.2 Å². The molecule has 0 aromatic carbocycles. The van der Waals surface area contributed by atoms with E-state index in [2.05, 4.69) is 18.8 Å². The predicted molar refractivity (Wildman–Crippen MR) is 50.5 cm³/mol. The number of oxazole rings is 1. The molecule has 1 aromatic heterocycles. The van der Waals surface area contributed by atoms with Crippen molar-refractivity contribution in [3.8, 4) is 0 Å². The maximum Gasteiger partial charge on any atom is 0.297 e. The lowest BCUT2D eigenvalue weighted by Gasteiger charge is -2.16. The summed E-state index contributed by atoms with van der Waals surface area (Å²) in [4.78, 5) is 6.03. The molecule has 0 unspecified atom stereocenters. The van der Waals surface area contributed by atoms with Crippen molar-refractivity contribution in [1.29, 1.82) is 0 Å². The van der Waals surface area contributed by atoms with Gasteiger partial charge in [0.15, 0.2) is 0 Å². The molecular formula is C9H16N2O2. The fourth-order valence-corrected chi connectivity index (χ4v) is 1.17. The van der Waals surface area contributed by atoms with Crippen molar-refractivity contribution in [3.05, 3.63) is 12.0 Å². The van der Waals surface area contributed by atoms with E-state index in [1.54, 1.807) is 0 Å². The molecule has 0 spiro atoms. The van der Waals surface area contributed by atoms with Crippen LogP contribution in [0.1, 0.15) is 19.5 Å². The minimum Gasteiger partial charge on any atom is -0.432 e. The number of hydrogen-bond acceptors (Lipinski definition) is 4. The van der Waals surface area contributed by atoms with Crippen LogP contribution in [0.15, 0.2) is 10.7 Å². The Morgan fingerprint density at radius 1 is 1.62 bits per heavy atom. The molecule has 0 radical (unpaired) electrons. The van der Waals surface area contributed by atoms with E-state index in [9.17, 15) is 0 Å². The lowest BCUT2D eigenvalue weighted by molar-refractivity contribution is 0.276. The summed E-state index contributed by atoms with van der Waals surface area (Å²) in [6.07, 6.45) is 1.48. The fraction of sp³-hybridized carbons (Fsp3) is 0.667. The second-order valence-electron chi connectivity index (χ2n) is 3.55. The maximum atomic E-state index is 8.77. The van der Waals surface area contributed by atoms with E-state index in [4.69, 9.17) is 9.52 Å². The number of nitrogens with zero attached hydrogens (tertiary/aromatic N) is 2. The predicted octanol–water partition coefficient (Wildman–Crippen LogP) is 1.26. The van der Waals surface area contributed by atoms with E-state index in [-0.39, 0.29) is 6.61 Å². The summed E-state index contributed by atoms with van der Waals surface area (Å²) in [5.41, 5.74) is 0.575. The van der Waals surface area contributed by atoms with Gasteiger partial charge in [0.05, 0.1) is 6.61 Å². The average molecular weight is 184 g/mol. The molecule has 0 atom stereocenters. The Kier molecular flexibility index (Phi) is 3.31. The van der Waals surface area contributed by atoms with Crippen LogP contribution in [0.4, 0.5) is 6.01 Å². The quantitative estimate of drug-likeness (QED) is 0.765. The first-order valence-corrected chi connectivity index (χ1v) is 4.40. The number of anilines is 1. The second kappa shape index (κ2) is 4.28. The molecule has 0 saturated heterocycles. The molecule has 0 amide bonds. The van der Waals surface area contributed by atoms with Gasteiger partial charge >= 0.3 is 0 Å². The van der Waals surface area contributed by atoms with Crippen LogP contribution in [0.2, 0.25) is 0 Å². The zero-order valence-corrected chi connectivity index (χ0v) is 8.32. The topological polar surface area (TPSA) is 49.5 Å². The Morgan fingerprint density at radius 2 is 2.31 bits per heavy atom. The molecule has 4 nitrogen and oxygen atoms in total. The number of aliphatic hydroxyl groups is 1. The molecule has 74 valence electrons. The Morgan fingerprint density at radius 3 is 2.77 bits per heavy atom. The number of rotatable bonds is 4. The molecule has 13 heavy (non-hydrogen) atoms. The van der Waals surface area contributed by atoms with Crippen molar-refractivity contribution < 1.29 is 9.52 Å². The molecule has 0 aliphatic heterocycles. The second-order valence-corrected chi connectivity index (χ2v) is 3.55. The van der Waals surface area contributed by atoms with Gasteiger partial charge < -0.3 is 14.4 Å². The smallest absolute Gasteiger partial charge is 0.297 e. The highest BCUT2D eigenvalue weighted by Crippen LogP contribution is 2.13. The van der Waals surface area contributed by atoms with Crippen LogP contribution in [0.3, 0.4) is 0 Å². The van der Waals surface area contributed by atoms with E-state index in [0.29, 0.717) is 17.6 Å². The van der Waals surface area contributed by atoms with Crippen molar-refractivity contribution in [2.45, 2.75) is 20.5 Å². The van der Waals surface area contributed by atoms with Gasteiger partial charge in [0.1, 0.15) is 12.0 Å². The van der Waals surface area contributed by atoms with Crippen molar-refractivity contribution in [3.63, 3.8) is 0 Å². The van der Waals surface area contributed by atoms with Crippen LogP contribution in [0.25, 0.3) is 0 Å². The molecule has 1 N–H and O–H groups in total. The van der Waals surface area contributed by atoms with Crippen molar-refractivity contribution in [2.75, 3.05) is 18.5 Å². The third-order valence-corrected chi connectivity index (χ3v) is 1.67. The number of aromatic nitrogens is 1. The highest BCUT2D eigenvalue weighted by Gasteiger charge is 2.09. The van der Waals surface area contributed by atoms with Crippen molar-refractivity contribution in [1.82, 2.24) is 4.98 Å². The average Bonchev–Trinajstić information content (AvgIpc) is 2.50. The molecular weight excluding hydrogens is 168 g/mol. The summed E-state index contributed by atoms with van der Waals surface area (Å²) >= 11 is 0. The molecule has 0 aliphatic rings. The van der Waals surface area contributed by atoms with E-state index in [1.165, 1.54) is 6.26 Å². The van der Waals surface area contributed by atoms with Crippen LogP contribution in [-0.4, -0.2) is 23.7 Å². The van der Waals surface area contributed by atoms with E-state index >= 15 is 0 Å². The fourth-order valence-electron chi connectivity index (χ4n) is 1.17. The van der Waals surface area contributed by atoms with Gasteiger partial charge in [0.25, 0.3) is 6.01 Å². The highest BCUT2D eigenvalue weighted by molar-refractivity contribution is 5.24. The van der Waals surface area contributed by atoms with Gasteiger partial charge in [-0.05, 0) is 5.92 Å². The zero-order chi connectivity index (χ0) is 9.84. The standard InChI is InChI=1S/C9H16N2O2/c1-7(2)4-11(3)9-10-8(5-12)6-13-9/h6-7,12H,4-5H2,1-3H3. The van der Waals surface area contributed by atoms with E-state index < -0.39 is 0 Å². The van der Waals surface area contributed by atoms with Crippen molar-refractivity contribution in [2.24, 2.45) is 5.92 Å². The van der Waals surface area contributed by atoms with E-state index in [1.807, 2.05) is 11.9 Å². The van der Waals surface area contributed by atoms with Gasteiger partial charge in [0, 0.05) is 13.6 Å². The first-order chi connectivity index (χ1) is 6.13. The zero-order valence-electron chi connectivity index (χ0n) is 8.32. The third kappa shape index (κ3) is 2.73. The summed E-state index contributed by atoms with van der Waals surface area (Å²) in [5, 5.41) is 8.77. The summed E-state index contributed by atoms with van der Waals surface area (Å²) in [5.74, 6) is 0.564. The minimum atomic E-state index is -0.0704. The van der Waals surface area contributed by atoms with Crippen LogP contribution in [0, 0.1) is 5.92 Å². The van der Waals surface area contributed by atoms with Gasteiger partial charge in [-0.15, -0.1) is 0 Å². The lowest BCUT2D eigenvalue weighted by atomic mass is 10.2. The highest BCUT2D eigenvalue weighted by atomic mass is 16.4. The summed E-state index contributed by atoms with van der Waals surface area (Å²) in [6.45, 7) is 5.09. The third-order valence-electron chi connectivity index (χ3n) is 1.67. The Bertz CT molecular complexity index is 258. The van der Waals surface area contributed by atoms with Gasteiger partial charge in [-0.25, -0.2) is 0 Å². The van der Waals surface area contributed by atoms with Crippen LogP contribution >= 0.6 is 0 Å². The normalized spacial score (nSPS) is 10.8. The van der Waals surface area contributed by atoms with Crippen LogP contribution in [0.5, 0.6) is 0 Å². The van der Waals surface area contributed by atoms with Gasteiger partial charge in [-0.1, -0.05) is 13.8 Å². The Hall–Kier alpha value is -1.03. The lowest BCUT2D eigenvalue weighted by Crippen LogP contribution is -2.22. The summed E-state index contributed by atoms with van der Waals surface area (Å²) < 4.78 is 5.17. The molecule has 1 rings (SSSR count). The summed E-state index contributed by atoms with van der Waals surface area (Å²) in [7, 11) is 1.92. The number of hydrogen-bond donors (Lipinski definition) is 1. The maximum absolute atomic E-state index is 8.77. The number of aliphatic hydroxyl groups excluding tert-OH is 1. The SMILES string of the molecule is CC(C)CN(C)c1nc(CO)co1. The minimum absolute atomic E-state index is 0.0704. The molecule has 0 saturated carbocycles. The van der Waals surface area contributed by atoms with Gasteiger partial charge in [-0.3, -0.25) is 0 Å². The largest absolute Gasteiger partial charge is 0.432 e.